The molecular weight excluding hydrogens is 272 g/mol. The molecule has 19 heavy (non-hydrogen) atoms. The molecular formula is C10H20N4O4S. The summed E-state index contributed by atoms with van der Waals surface area (Å²) in [6.45, 7) is 2.53. The molecule has 1 heterocycles. The third kappa shape index (κ3) is 3.66. The smallest absolute Gasteiger partial charge is 0.248 e. The third-order valence-electron chi connectivity index (χ3n) is 2.63. The minimum Gasteiger partial charge on any atom is -0.383 e. The van der Waals surface area contributed by atoms with Crippen molar-refractivity contribution in [3.8, 4) is 0 Å². The van der Waals surface area contributed by atoms with Crippen LogP contribution in [-0.4, -0.2) is 62.9 Å². The largest absolute Gasteiger partial charge is 0.383 e. The quantitative estimate of drug-likeness (QED) is 0.678. The molecule has 0 aliphatic rings. The summed E-state index contributed by atoms with van der Waals surface area (Å²) in [4.78, 5) is -0.0356. The van der Waals surface area contributed by atoms with E-state index in [-0.39, 0.29) is 36.5 Å². The average Bonchev–Trinajstić information content (AvgIpc) is 2.76. The van der Waals surface area contributed by atoms with E-state index >= 15 is 0 Å². The first kappa shape index (κ1) is 15.9. The normalized spacial score (nSPS) is 13.9. The highest BCUT2D eigenvalue weighted by molar-refractivity contribution is 7.89. The van der Waals surface area contributed by atoms with Crippen molar-refractivity contribution in [1.82, 2.24) is 14.5 Å². The van der Waals surface area contributed by atoms with Gasteiger partial charge in [-0.2, -0.15) is 9.40 Å². The summed E-state index contributed by atoms with van der Waals surface area (Å²) in [5.41, 5.74) is 5.58. The molecule has 1 aromatic rings. The van der Waals surface area contributed by atoms with Crippen LogP contribution in [0.3, 0.4) is 0 Å². The van der Waals surface area contributed by atoms with Crippen LogP contribution in [-0.2, 0) is 19.5 Å². The van der Waals surface area contributed by atoms with Crippen molar-refractivity contribution in [3.05, 3.63) is 6.20 Å². The van der Waals surface area contributed by atoms with Gasteiger partial charge in [-0.25, -0.2) is 8.42 Å². The van der Waals surface area contributed by atoms with E-state index in [2.05, 4.69) is 10.2 Å². The van der Waals surface area contributed by atoms with E-state index in [1.807, 2.05) is 0 Å². The number of nitrogens with two attached hydrogens (primary N) is 1. The highest BCUT2D eigenvalue weighted by Crippen LogP contribution is 2.21. The van der Waals surface area contributed by atoms with Crippen molar-refractivity contribution < 1.29 is 17.9 Å². The summed E-state index contributed by atoms with van der Waals surface area (Å²) in [7, 11) is -0.698. The van der Waals surface area contributed by atoms with Gasteiger partial charge < -0.3 is 15.2 Å². The second-order valence-electron chi connectivity index (χ2n) is 4.06. The van der Waals surface area contributed by atoms with Crippen molar-refractivity contribution in [3.63, 3.8) is 0 Å². The maximum absolute atomic E-state index is 12.5. The number of ether oxygens (including phenoxy) is 2. The first-order valence-electron chi connectivity index (χ1n) is 5.73. The molecule has 1 unspecified atom stereocenters. The Labute approximate surface area is 112 Å². The summed E-state index contributed by atoms with van der Waals surface area (Å²) < 4.78 is 36.3. The number of aromatic amines is 1. The molecule has 0 fully saturated rings. The van der Waals surface area contributed by atoms with Gasteiger partial charge in [-0.1, -0.05) is 0 Å². The lowest BCUT2D eigenvalue weighted by Crippen LogP contribution is -2.43. The number of sulfonamides is 1. The number of H-pyrrole nitrogens is 1. The second-order valence-corrected chi connectivity index (χ2v) is 5.92. The number of rotatable bonds is 8. The number of aromatic nitrogens is 2. The molecule has 9 heteroatoms. The van der Waals surface area contributed by atoms with Crippen LogP contribution in [0.25, 0.3) is 0 Å². The molecule has 1 rings (SSSR count). The molecule has 0 radical (unpaired) electrons. The van der Waals surface area contributed by atoms with E-state index in [4.69, 9.17) is 15.2 Å². The van der Waals surface area contributed by atoms with Gasteiger partial charge >= 0.3 is 0 Å². The van der Waals surface area contributed by atoms with Crippen molar-refractivity contribution in [2.75, 3.05) is 39.7 Å². The van der Waals surface area contributed by atoms with E-state index in [9.17, 15) is 8.42 Å². The van der Waals surface area contributed by atoms with E-state index in [1.54, 1.807) is 6.92 Å². The Balaban J connectivity index is 3.05. The monoisotopic (exact) mass is 292 g/mol. The van der Waals surface area contributed by atoms with E-state index in [0.717, 1.165) is 0 Å². The van der Waals surface area contributed by atoms with Gasteiger partial charge in [0.05, 0.1) is 19.4 Å². The summed E-state index contributed by atoms with van der Waals surface area (Å²) in [5.74, 6) is 0.0204. The van der Waals surface area contributed by atoms with E-state index < -0.39 is 10.0 Å². The molecule has 1 aromatic heterocycles. The first-order valence-corrected chi connectivity index (χ1v) is 7.17. The van der Waals surface area contributed by atoms with Gasteiger partial charge in [0.2, 0.25) is 10.0 Å². The number of hydrogen-bond donors (Lipinski definition) is 2. The lowest BCUT2D eigenvalue weighted by atomic mass is 10.3. The van der Waals surface area contributed by atoms with Crippen molar-refractivity contribution in [1.29, 1.82) is 0 Å². The molecule has 0 spiro atoms. The molecule has 0 amide bonds. The molecule has 1 atom stereocenters. The summed E-state index contributed by atoms with van der Waals surface area (Å²) in [6.07, 6.45) is 1.20. The highest BCUT2D eigenvalue weighted by Gasteiger charge is 2.31. The van der Waals surface area contributed by atoms with Crippen LogP contribution >= 0.6 is 0 Å². The standard InChI is InChI=1S/C10H20N4O4S/c1-8(7-18-3)14(4-5-17-2)19(15,16)9-6-12-13-10(9)11/h6,8H,4-5,7H2,1-3H3,(H3,11,12,13). The Bertz CT molecular complexity index is 487. The second kappa shape index (κ2) is 6.85. The van der Waals surface area contributed by atoms with Crippen molar-refractivity contribution >= 4 is 15.8 Å². The predicted molar refractivity (Wildman–Crippen MR) is 70.1 cm³/mol. The molecule has 3 N–H and O–H groups in total. The molecule has 0 saturated heterocycles. The van der Waals surface area contributed by atoms with Gasteiger partial charge in [0.25, 0.3) is 0 Å². The summed E-state index contributed by atoms with van der Waals surface area (Å²) in [5, 5.41) is 6.05. The van der Waals surface area contributed by atoms with Gasteiger partial charge in [0, 0.05) is 26.8 Å². The fraction of sp³-hybridized carbons (Fsp3) is 0.700. The number of nitrogens with zero attached hydrogens (tertiary/aromatic N) is 2. The molecule has 0 aromatic carbocycles. The Morgan fingerprint density at radius 3 is 2.63 bits per heavy atom. The zero-order valence-electron chi connectivity index (χ0n) is 11.3. The molecule has 0 aliphatic carbocycles. The molecule has 0 aliphatic heterocycles. The Morgan fingerprint density at radius 2 is 2.16 bits per heavy atom. The van der Waals surface area contributed by atoms with Crippen LogP contribution in [0.1, 0.15) is 6.92 Å². The van der Waals surface area contributed by atoms with Crippen LogP contribution in [0.5, 0.6) is 0 Å². The number of hydrogen-bond acceptors (Lipinski definition) is 6. The minimum absolute atomic E-state index is 0.0204. The van der Waals surface area contributed by atoms with E-state index in [1.165, 1.54) is 24.7 Å². The van der Waals surface area contributed by atoms with Crippen LogP contribution < -0.4 is 5.73 Å². The lowest BCUT2D eigenvalue weighted by molar-refractivity contribution is 0.119. The van der Waals surface area contributed by atoms with Gasteiger partial charge in [-0.3, -0.25) is 5.10 Å². The average molecular weight is 292 g/mol. The minimum atomic E-state index is -3.73. The zero-order chi connectivity index (χ0) is 14.5. The summed E-state index contributed by atoms with van der Waals surface area (Å²) in [6, 6.07) is -0.334. The number of methoxy groups -OCH3 is 2. The lowest BCUT2D eigenvalue weighted by Gasteiger charge is -2.27. The fourth-order valence-corrected chi connectivity index (χ4v) is 3.31. The Morgan fingerprint density at radius 1 is 1.47 bits per heavy atom. The molecule has 8 nitrogen and oxygen atoms in total. The number of anilines is 1. The van der Waals surface area contributed by atoms with Gasteiger partial charge in [-0.15, -0.1) is 0 Å². The number of nitrogens with one attached hydrogen (secondary N) is 1. The molecule has 0 saturated carbocycles. The third-order valence-corrected chi connectivity index (χ3v) is 4.68. The Kier molecular flexibility index (Phi) is 5.73. The predicted octanol–water partition coefficient (Wildman–Crippen LogP) is -0.336. The SMILES string of the molecule is COCCN(C(C)COC)S(=O)(=O)c1cn[nH]c1N. The Hall–Kier alpha value is -1.16. The van der Waals surface area contributed by atoms with E-state index in [0.29, 0.717) is 0 Å². The van der Waals surface area contributed by atoms with Gasteiger partial charge in [0.1, 0.15) is 10.7 Å². The maximum Gasteiger partial charge on any atom is 0.248 e. The van der Waals surface area contributed by atoms with Gasteiger partial charge in [0.15, 0.2) is 0 Å². The zero-order valence-corrected chi connectivity index (χ0v) is 12.1. The van der Waals surface area contributed by atoms with Crippen LogP contribution in [0, 0.1) is 0 Å². The number of nitrogen functional groups attached to an aromatic ring is 1. The van der Waals surface area contributed by atoms with Crippen molar-refractivity contribution in [2.24, 2.45) is 0 Å². The first-order chi connectivity index (χ1) is 8.95. The summed E-state index contributed by atoms with van der Waals surface area (Å²) >= 11 is 0. The van der Waals surface area contributed by atoms with Crippen LogP contribution in [0.15, 0.2) is 11.1 Å². The highest BCUT2D eigenvalue weighted by atomic mass is 32.2. The molecule has 110 valence electrons. The van der Waals surface area contributed by atoms with Crippen LogP contribution in [0.4, 0.5) is 5.82 Å². The van der Waals surface area contributed by atoms with Crippen LogP contribution in [0.2, 0.25) is 0 Å². The molecule has 0 bridgehead atoms. The maximum atomic E-state index is 12.5. The topological polar surface area (TPSA) is 111 Å². The fourth-order valence-electron chi connectivity index (χ4n) is 1.70. The van der Waals surface area contributed by atoms with Crippen molar-refractivity contribution in [2.45, 2.75) is 17.9 Å². The van der Waals surface area contributed by atoms with Gasteiger partial charge in [-0.05, 0) is 6.92 Å².